The minimum atomic E-state index is -1.46. The van der Waals surface area contributed by atoms with Gasteiger partial charge in [0, 0.05) is 18.3 Å². The molecule has 1 aromatic heterocycles. The summed E-state index contributed by atoms with van der Waals surface area (Å²) in [6.45, 7) is 4.01. The van der Waals surface area contributed by atoms with Gasteiger partial charge in [-0.25, -0.2) is 9.78 Å². The molecule has 1 aromatic rings. The number of nitrogens with one attached hydrogen (secondary N) is 4. The lowest BCUT2D eigenvalue weighted by atomic mass is 9.97. The second kappa shape index (κ2) is 12.7. The van der Waals surface area contributed by atoms with Crippen LogP contribution in [-0.4, -0.2) is 85.9 Å². The van der Waals surface area contributed by atoms with Gasteiger partial charge in [0.05, 0.1) is 19.0 Å². The molecular weight excluding hydrogens is 424 g/mol. The van der Waals surface area contributed by atoms with Crippen molar-refractivity contribution in [2.45, 2.75) is 63.9 Å². The molecule has 0 radical (unpaired) electrons. The van der Waals surface area contributed by atoms with Gasteiger partial charge >= 0.3 is 5.97 Å². The summed E-state index contributed by atoms with van der Waals surface area (Å²) in [6, 6.07) is -5.15. The van der Waals surface area contributed by atoms with Gasteiger partial charge in [-0.05, 0) is 12.8 Å². The summed E-state index contributed by atoms with van der Waals surface area (Å²) in [4.78, 5) is 55.5. The number of aromatic nitrogens is 2. The van der Waals surface area contributed by atoms with E-state index in [9.17, 15) is 34.5 Å². The van der Waals surface area contributed by atoms with Gasteiger partial charge < -0.3 is 42.0 Å². The molecule has 0 aliphatic carbocycles. The highest BCUT2D eigenvalue weighted by Gasteiger charge is 2.33. The van der Waals surface area contributed by atoms with Crippen LogP contribution in [0.15, 0.2) is 12.5 Å². The molecule has 1 rings (SSSR count). The quantitative estimate of drug-likeness (QED) is 0.154. The molecule has 0 saturated carbocycles. The highest BCUT2D eigenvalue weighted by atomic mass is 16.4. The summed E-state index contributed by atoms with van der Waals surface area (Å²) < 4.78 is 0. The Labute approximate surface area is 185 Å². The molecule has 13 nitrogen and oxygen atoms in total. The first-order valence-electron chi connectivity index (χ1n) is 10.2. The summed E-state index contributed by atoms with van der Waals surface area (Å²) in [6.07, 6.45) is 2.03. The van der Waals surface area contributed by atoms with Gasteiger partial charge in [0.1, 0.15) is 24.2 Å². The molecule has 1 heterocycles. The van der Waals surface area contributed by atoms with Gasteiger partial charge in [0.15, 0.2) is 0 Å². The second-order valence-electron chi connectivity index (χ2n) is 7.56. The largest absolute Gasteiger partial charge is 0.480 e. The van der Waals surface area contributed by atoms with Crippen LogP contribution in [0.4, 0.5) is 0 Å². The van der Waals surface area contributed by atoms with Crippen molar-refractivity contribution in [3.63, 3.8) is 0 Å². The molecule has 3 amide bonds. The number of aromatic amines is 1. The van der Waals surface area contributed by atoms with Crippen molar-refractivity contribution in [3.05, 3.63) is 18.2 Å². The molecule has 0 aliphatic heterocycles. The van der Waals surface area contributed by atoms with Crippen molar-refractivity contribution in [2.24, 2.45) is 11.7 Å². The number of nitrogens with zero attached hydrogens (tertiary/aromatic N) is 1. The SMILES string of the molecule is CCC(C)C(NC(=O)C(N)C(C)O)C(=O)NC(CO)C(=O)NC(Cc1cnc[nH]1)C(=O)O. The van der Waals surface area contributed by atoms with Crippen molar-refractivity contribution < 1.29 is 34.5 Å². The molecule has 180 valence electrons. The minimum absolute atomic E-state index is 0.0873. The van der Waals surface area contributed by atoms with Gasteiger partial charge in [-0.15, -0.1) is 0 Å². The van der Waals surface area contributed by atoms with Gasteiger partial charge in [0.25, 0.3) is 0 Å². The van der Waals surface area contributed by atoms with E-state index < -0.39 is 60.6 Å². The van der Waals surface area contributed by atoms with Crippen LogP contribution in [0.3, 0.4) is 0 Å². The average Bonchev–Trinajstić information content (AvgIpc) is 3.26. The van der Waals surface area contributed by atoms with Gasteiger partial charge in [-0.2, -0.15) is 0 Å². The first kappa shape index (κ1) is 27.0. The first-order valence-corrected chi connectivity index (χ1v) is 10.2. The first-order chi connectivity index (χ1) is 15.0. The maximum absolute atomic E-state index is 12.8. The second-order valence-corrected chi connectivity index (χ2v) is 7.56. The van der Waals surface area contributed by atoms with Gasteiger partial charge in [-0.3, -0.25) is 14.4 Å². The molecular formula is C19H32N6O7. The maximum atomic E-state index is 12.8. The highest BCUT2D eigenvalue weighted by Crippen LogP contribution is 2.09. The van der Waals surface area contributed by atoms with Crippen LogP contribution in [0, 0.1) is 5.92 Å². The summed E-state index contributed by atoms with van der Waals surface area (Å²) in [7, 11) is 0. The number of aliphatic hydroxyl groups excluding tert-OH is 2. The summed E-state index contributed by atoms with van der Waals surface area (Å²) in [5.41, 5.74) is 6.07. The van der Waals surface area contributed by atoms with E-state index in [0.717, 1.165) is 0 Å². The lowest BCUT2D eigenvalue weighted by Gasteiger charge is -2.27. The van der Waals surface area contributed by atoms with E-state index >= 15 is 0 Å². The number of hydrogen-bond acceptors (Lipinski definition) is 8. The number of rotatable bonds is 13. The van der Waals surface area contributed by atoms with Crippen LogP contribution in [-0.2, 0) is 25.6 Å². The van der Waals surface area contributed by atoms with Crippen molar-refractivity contribution in [1.82, 2.24) is 25.9 Å². The van der Waals surface area contributed by atoms with E-state index in [1.54, 1.807) is 13.8 Å². The fourth-order valence-corrected chi connectivity index (χ4v) is 2.71. The molecule has 13 heteroatoms. The zero-order chi connectivity index (χ0) is 24.4. The number of amides is 3. The third-order valence-corrected chi connectivity index (χ3v) is 5.02. The lowest BCUT2D eigenvalue weighted by Crippen LogP contribution is -2.60. The van der Waals surface area contributed by atoms with Crippen molar-refractivity contribution >= 4 is 23.7 Å². The van der Waals surface area contributed by atoms with Crippen LogP contribution in [0.2, 0.25) is 0 Å². The van der Waals surface area contributed by atoms with E-state index in [1.807, 2.05) is 0 Å². The number of aliphatic carboxylic acids is 1. The van der Waals surface area contributed by atoms with E-state index in [1.165, 1.54) is 19.4 Å². The summed E-state index contributed by atoms with van der Waals surface area (Å²) >= 11 is 0. The number of imidazole rings is 1. The molecule has 0 saturated heterocycles. The Morgan fingerprint density at radius 3 is 2.19 bits per heavy atom. The number of carbonyl (C=O) groups is 4. The zero-order valence-electron chi connectivity index (χ0n) is 18.2. The molecule has 0 spiro atoms. The van der Waals surface area contributed by atoms with E-state index in [4.69, 9.17) is 5.73 Å². The molecule has 32 heavy (non-hydrogen) atoms. The number of aliphatic hydroxyl groups is 2. The smallest absolute Gasteiger partial charge is 0.326 e. The third kappa shape index (κ3) is 7.90. The van der Waals surface area contributed by atoms with Crippen LogP contribution < -0.4 is 21.7 Å². The Balaban J connectivity index is 2.87. The Bertz CT molecular complexity index is 770. The number of carboxylic acids is 1. The van der Waals surface area contributed by atoms with Crippen LogP contribution >= 0.6 is 0 Å². The predicted molar refractivity (Wildman–Crippen MR) is 112 cm³/mol. The van der Waals surface area contributed by atoms with E-state index in [2.05, 4.69) is 25.9 Å². The topological polar surface area (TPSA) is 220 Å². The fraction of sp³-hybridized carbons (Fsp3) is 0.632. The third-order valence-electron chi connectivity index (χ3n) is 5.02. The Hall–Kier alpha value is -3.03. The maximum Gasteiger partial charge on any atom is 0.326 e. The highest BCUT2D eigenvalue weighted by molar-refractivity contribution is 5.94. The number of carbonyl (C=O) groups excluding carboxylic acids is 3. The fourth-order valence-electron chi connectivity index (χ4n) is 2.71. The van der Waals surface area contributed by atoms with Crippen LogP contribution in [0.5, 0.6) is 0 Å². The summed E-state index contributed by atoms with van der Waals surface area (Å²) in [5, 5.41) is 35.5. The molecule has 6 unspecified atom stereocenters. The van der Waals surface area contributed by atoms with E-state index in [-0.39, 0.29) is 12.3 Å². The van der Waals surface area contributed by atoms with Crippen LogP contribution in [0.1, 0.15) is 32.9 Å². The Morgan fingerprint density at radius 2 is 1.72 bits per heavy atom. The monoisotopic (exact) mass is 456 g/mol. The number of H-pyrrole nitrogens is 1. The van der Waals surface area contributed by atoms with E-state index in [0.29, 0.717) is 12.1 Å². The Morgan fingerprint density at radius 1 is 1.09 bits per heavy atom. The predicted octanol–water partition coefficient (Wildman–Crippen LogP) is -2.76. The standard InChI is InChI=1S/C19H32N6O7/c1-4-9(2)15(25-17(29)14(20)10(3)27)18(30)24-13(7-26)16(28)23-12(19(31)32)5-11-6-21-8-22-11/h6,8-10,12-15,26-27H,4-5,7,20H2,1-3H3,(H,21,22)(H,23,28)(H,24,30)(H,25,29)(H,31,32). The molecule has 0 bridgehead atoms. The molecule has 0 aromatic carbocycles. The lowest BCUT2D eigenvalue weighted by molar-refractivity contribution is -0.142. The average molecular weight is 457 g/mol. The van der Waals surface area contributed by atoms with Crippen LogP contribution in [0.25, 0.3) is 0 Å². The molecule has 0 aliphatic rings. The zero-order valence-corrected chi connectivity index (χ0v) is 18.2. The van der Waals surface area contributed by atoms with Gasteiger partial charge in [-0.1, -0.05) is 20.3 Å². The number of carboxylic acid groups (broad SMARTS) is 1. The number of nitrogens with two attached hydrogens (primary N) is 1. The molecule has 0 fully saturated rings. The van der Waals surface area contributed by atoms with Gasteiger partial charge in [0.2, 0.25) is 17.7 Å². The van der Waals surface area contributed by atoms with Crippen molar-refractivity contribution in [2.75, 3.05) is 6.61 Å². The normalized spacial score (nSPS) is 16.7. The van der Waals surface area contributed by atoms with Crippen molar-refractivity contribution in [1.29, 1.82) is 0 Å². The van der Waals surface area contributed by atoms with Crippen molar-refractivity contribution in [3.8, 4) is 0 Å². The molecule has 9 N–H and O–H groups in total. The Kier molecular flexibility index (Phi) is 10.7. The molecule has 6 atom stereocenters. The number of hydrogen-bond donors (Lipinski definition) is 8. The summed E-state index contributed by atoms with van der Waals surface area (Å²) in [5.74, 6) is -4.11. The minimum Gasteiger partial charge on any atom is -0.480 e.